The Morgan fingerprint density at radius 1 is 1.18 bits per heavy atom. The molecule has 0 aliphatic carbocycles. The molecular formula is C20H20FN5O2. The zero-order chi connectivity index (χ0) is 20.3. The van der Waals surface area contributed by atoms with E-state index in [-0.39, 0.29) is 11.1 Å². The van der Waals surface area contributed by atoms with Crippen LogP contribution in [0.4, 0.5) is 10.3 Å². The molecule has 1 amide bonds. The predicted octanol–water partition coefficient (Wildman–Crippen LogP) is 3.13. The zero-order valence-corrected chi connectivity index (χ0v) is 15.7. The molecule has 0 fully saturated rings. The number of benzene rings is 1. The van der Waals surface area contributed by atoms with E-state index in [9.17, 15) is 9.18 Å². The number of rotatable bonds is 6. The van der Waals surface area contributed by atoms with Gasteiger partial charge in [-0.3, -0.25) is 9.78 Å². The van der Waals surface area contributed by atoms with Gasteiger partial charge < -0.3 is 15.8 Å². The molecule has 3 N–H and O–H groups in total. The van der Waals surface area contributed by atoms with Crippen LogP contribution in [0.15, 0.2) is 48.9 Å². The third-order valence-electron chi connectivity index (χ3n) is 4.22. The number of hydrogen-bond donors (Lipinski definition) is 2. The Balaban J connectivity index is 1.87. The van der Waals surface area contributed by atoms with Gasteiger partial charge in [0.05, 0.1) is 12.6 Å². The fraction of sp³-hybridized carbons (Fsp3) is 0.200. The van der Waals surface area contributed by atoms with Gasteiger partial charge in [0.1, 0.15) is 17.3 Å². The zero-order valence-electron chi connectivity index (χ0n) is 15.7. The Hall–Kier alpha value is -3.55. The molecule has 2 heterocycles. The highest BCUT2D eigenvalue weighted by molar-refractivity contribution is 5.94. The minimum Gasteiger partial charge on any atom is -0.495 e. The summed E-state index contributed by atoms with van der Waals surface area (Å²) in [5.41, 5.74) is 6.19. The molecule has 0 bridgehead atoms. The van der Waals surface area contributed by atoms with E-state index < -0.39 is 17.3 Å². The maximum Gasteiger partial charge on any atom is 0.248 e. The smallest absolute Gasteiger partial charge is 0.248 e. The highest BCUT2D eigenvalue weighted by atomic mass is 19.1. The van der Waals surface area contributed by atoms with Crippen molar-refractivity contribution in [3.05, 3.63) is 66.0 Å². The summed E-state index contributed by atoms with van der Waals surface area (Å²) in [6.45, 7) is 3.84. The van der Waals surface area contributed by atoms with Crippen LogP contribution in [-0.2, 0) is 5.54 Å². The van der Waals surface area contributed by atoms with Crippen LogP contribution in [0.2, 0.25) is 0 Å². The van der Waals surface area contributed by atoms with Crippen molar-refractivity contribution in [1.82, 2.24) is 15.0 Å². The van der Waals surface area contributed by atoms with Crippen molar-refractivity contribution in [2.45, 2.75) is 19.4 Å². The first-order chi connectivity index (χ1) is 13.3. The Morgan fingerprint density at radius 3 is 2.54 bits per heavy atom. The van der Waals surface area contributed by atoms with Gasteiger partial charge >= 0.3 is 0 Å². The molecule has 2 aromatic heterocycles. The van der Waals surface area contributed by atoms with Crippen LogP contribution in [-0.4, -0.2) is 28.0 Å². The van der Waals surface area contributed by atoms with Crippen molar-refractivity contribution in [2.75, 3.05) is 12.4 Å². The van der Waals surface area contributed by atoms with Crippen molar-refractivity contribution in [3.8, 4) is 16.9 Å². The van der Waals surface area contributed by atoms with Crippen LogP contribution in [0.25, 0.3) is 11.1 Å². The Kier molecular flexibility index (Phi) is 5.21. The van der Waals surface area contributed by atoms with E-state index in [0.717, 1.165) is 0 Å². The summed E-state index contributed by atoms with van der Waals surface area (Å²) in [6, 6.07) is 7.52. The number of carbonyl (C=O) groups is 1. The first-order valence-electron chi connectivity index (χ1n) is 8.51. The van der Waals surface area contributed by atoms with Crippen molar-refractivity contribution in [2.24, 2.45) is 5.73 Å². The van der Waals surface area contributed by atoms with Crippen molar-refractivity contribution >= 4 is 11.9 Å². The molecule has 0 saturated heterocycles. The molecule has 3 aromatic rings. The molecule has 0 saturated carbocycles. The summed E-state index contributed by atoms with van der Waals surface area (Å²) in [5, 5.41) is 3.20. The molecule has 1 aromatic carbocycles. The number of aromatic nitrogens is 3. The van der Waals surface area contributed by atoms with Gasteiger partial charge in [-0.05, 0) is 44.2 Å². The van der Waals surface area contributed by atoms with Crippen LogP contribution in [0.3, 0.4) is 0 Å². The summed E-state index contributed by atoms with van der Waals surface area (Å²) < 4.78 is 19.5. The number of carbonyl (C=O) groups excluding carboxylic acids is 1. The standard InChI is InChI=1S/C20H20FN5O2/c1-20(2,17-16(28-3)5-4-8-23-17)26-19-24-10-13(11-25-19)14-9-12(18(22)27)6-7-15(14)21/h4-11H,1-3H3,(H2,22,27)(H,24,25,26). The lowest BCUT2D eigenvalue weighted by molar-refractivity contribution is 0.100. The molecule has 0 atom stereocenters. The normalized spacial score (nSPS) is 11.1. The first-order valence-corrected chi connectivity index (χ1v) is 8.51. The first kappa shape index (κ1) is 19.2. The van der Waals surface area contributed by atoms with Gasteiger partial charge in [0.25, 0.3) is 0 Å². The van der Waals surface area contributed by atoms with Gasteiger partial charge in [-0.25, -0.2) is 14.4 Å². The average Bonchev–Trinajstić information content (AvgIpc) is 2.68. The highest BCUT2D eigenvalue weighted by Gasteiger charge is 2.26. The van der Waals surface area contributed by atoms with E-state index in [1.54, 1.807) is 19.4 Å². The van der Waals surface area contributed by atoms with Crippen LogP contribution in [0, 0.1) is 5.82 Å². The van der Waals surface area contributed by atoms with Crippen molar-refractivity contribution < 1.29 is 13.9 Å². The SMILES string of the molecule is COc1cccnc1C(C)(C)Nc1ncc(-c2cc(C(N)=O)ccc2F)cn1. The minimum absolute atomic E-state index is 0.202. The molecule has 0 unspecified atom stereocenters. The van der Waals surface area contributed by atoms with Crippen LogP contribution in [0.5, 0.6) is 5.75 Å². The van der Waals surface area contributed by atoms with Crippen molar-refractivity contribution in [1.29, 1.82) is 0 Å². The Morgan fingerprint density at radius 2 is 1.89 bits per heavy atom. The van der Waals surface area contributed by atoms with E-state index in [1.165, 1.54) is 30.6 Å². The number of halogens is 1. The number of ether oxygens (including phenoxy) is 1. The second kappa shape index (κ2) is 7.59. The van der Waals surface area contributed by atoms with Gasteiger partial charge in [0.2, 0.25) is 11.9 Å². The van der Waals surface area contributed by atoms with E-state index >= 15 is 0 Å². The number of nitrogens with zero attached hydrogens (tertiary/aromatic N) is 3. The number of hydrogen-bond acceptors (Lipinski definition) is 6. The molecule has 144 valence electrons. The molecule has 0 aliphatic rings. The van der Waals surface area contributed by atoms with E-state index in [1.807, 2.05) is 19.9 Å². The highest BCUT2D eigenvalue weighted by Crippen LogP contribution is 2.30. The van der Waals surface area contributed by atoms with E-state index in [2.05, 4.69) is 20.3 Å². The number of anilines is 1. The average molecular weight is 381 g/mol. The third kappa shape index (κ3) is 3.90. The molecular weight excluding hydrogens is 361 g/mol. The van der Waals surface area contributed by atoms with Gasteiger partial charge in [-0.15, -0.1) is 0 Å². The molecule has 3 rings (SSSR count). The summed E-state index contributed by atoms with van der Waals surface area (Å²) in [5.74, 6) is -0.144. The van der Waals surface area contributed by atoms with Gasteiger partial charge in [0, 0.05) is 35.3 Å². The van der Waals surface area contributed by atoms with Crippen LogP contribution >= 0.6 is 0 Å². The molecule has 0 aliphatic heterocycles. The monoisotopic (exact) mass is 381 g/mol. The molecule has 0 spiro atoms. The molecule has 28 heavy (non-hydrogen) atoms. The lowest BCUT2D eigenvalue weighted by Crippen LogP contribution is -2.30. The number of primary amides is 1. The molecule has 8 heteroatoms. The number of amides is 1. The van der Waals surface area contributed by atoms with Crippen LogP contribution < -0.4 is 15.8 Å². The lowest BCUT2D eigenvalue weighted by Gasteiger charge is -2.27. The van der Waals surface area contributed by atoms with Gasteiger partial charge in [0.15, 0.2) is 0 Å². The molecule has 7 nitrogen and oxygen atoms in total. The largest absolute Gasteiger partial charge is 0.495 e. The van der Waals surface area contributed by atoms with Crippen LogP contribution in [0.1, 0.15) is 29.9 Å². The predicted molar refractivity (Wildman–Crippen MR) is 103 cm³/mol. The Bertz CT molecular complexity index is 1010. The third-order valence-corrected chi connectivity index (χ3v) is 4.22. The second-order valence-electron chi connectivity index (χ2n) is 6.66. The number of methoxy groups -OCH3 is 1. The lowest BCUT2D eigenvalue weighted by atomic mass is 9.99. The fourth-order valence-electron chi connectivity index (χ4n) is 2.79. The summed E-state index contributed by atoms with van der Waals surface area (Å²) in [4.78, 5) is 24.2. The topological polar surface area (TPSA) is 103 Å². The van der Waals surface area contributed by atoms with E-state index in [0.29, 0.717) is 23.0 Å². The maximum absolute atomic E-state index is 14.1. The second-order valence-corrected chi connectivity index (χ2v) is 6.66. The summed E-state index contributed by atoms with van der Waals surface area (Å²) in [6.07, 6.45) is 4.63. The van der Waals surface area contributed by atoms with Gasteiger partial charge in [-0.2, -0.15) is 0 Å². The van der Waals surface area contributed by atoms with Gasteiger partial charge in [-0.1, -0.05) is 0 Å². The number of nitrogens with two attached hydrogens (primary N) is 1. The quantitative estimate of drug-likeness (QED) is 0.680. The summed E-state index contributed by atoms with van der Waals surface area (Å²) >= 11 is 0. The van der Waals surface area contributed by atoms with Crippen molar-refractivity contribution in [3.63, 3.8) is 0 Å². The van der Waals surface area contributed by atoms with E-state index in [4.69, 9.17) is 10.5 Å². The number of pyridine rings is 1. The summed E-state index contributed by atoms with van der Waals surface area (Å²) in [7, 11) is 1.58. The number of nitrogens with one attached hydrogen (secondary N) is 1. The Labute approximate surface area is 161 Å². The fourth-order valence-corrected chi connectivity index (χ4v) is 2.79. The molecule has 0 radical (unpaired) electrons. The maximum atomic E-state index is 14.1. The minimum atomic E-state index is -0.633.